The number of aliphatic hydroxyl groups is 1. The molecule has 0 radical (unpaired) electrons. The Labute approximate surface area is 117 Å². The molecule has 1 heterocycles. The summed E-state index contributed by atoms with van der Waals surface area (Å²) in [7, 11) is 0. The molecule has 3 nitrogen and oxygen atoms in total. The van der Waals surface area contributed by atoms with Gasteiger partial charge in [0.25, 0.3) is 0 Å². The molecule has 0 amide bonds. The van der Waals surface area contributed by atoms with Crippen LogP contribution >= 0.6 is 15.9 Å². The Morgan fingerprint density at radius 1 is 1.44 bits per heavy atom. The SMILES string of the molecule is CC(Cc1ccc(Br)cc1)NC1(CO)CCOC1. The normalized spacial score (nSPS) is 25.3. The Balaban J connectivity index is 1.91. The van der Waals surface area contributed by atoms with E-state index in [2.05, 4.69) is 52.4 Å². The minimum atomic E-state index is -0.241. The van der Waals surface area contributed by atoms with Gasteiger partial charge < -0.3 is 15.2 Å². The van der Waals surface area contributed by atoms with Crippen LogP contribution in [0.3, 0.4) is 0 Å². The minimum Gasteiger partial charge on any atom is -0.394 e. The lowest BCUT2D eigenvalue weighted by atomic mass is 9.97. The first-order valence-corrected chi connectivity index (χ1v) is 7.14. The van der Waals surface area contributed by atoms with E-state index >= 15 is 0 Å². The lowest BCUT2D eigenvalue weighted by Crippen LogP contribution is -2.53. The lowest BCUT2D eigenvalue weighted by molar-refractivity contribution is 0.114. The highest BCUT2D eigenvalue weighted by molar-refractivity contribution is 9.10. The molecule has 0 aromatic heterocycles. The van der Waals surface area contributed by atoms with E-state index in [4.69, 9.17) is 4.74 Å². The molecule has 1 aromatic carbocycles. The van der Waals surface area contributed by atoms with E-state index in [1.807, 2.05) is 0 Å². The smallest absolute Gasteiger partial charge is 0.0675 e. The van der Waals surface area contributed by atoms with Gasteiger partial charge in [0.15, 0.2) is 0 Å². The van der Waals surface area contributed by atoms with Crippen molar-refractivity contribution in [2.45, 2.75) is 31.3 Å². The van der Waals surface area contributed by atoms with Gasteiger partial charge in [-0.2, -0.15) is 0 Å². The van der Waals surface area contributed by atoms with Gasteiger partial charge in [0, 0.05) is 17.1 Å². The number of rotatable bonds is 5. The number of hydrogen-bond acceptors (Lipinski definition) is 3. The minimum absolute atomic E-state index is 0.137. The summed E-state index contributed by atoms with van der Waals surface area (Å²) in [6.07, 6.45) is 1.84. The predicted molar refractivity (Wildman–Crippen MR) is 75.7 cm³/mol. The summed E-state index contributed by atoms with van der Waals surface area (Å²) in [6, 6.07) is 8.68. The number of nitrogens with one attached hydrogen (secondary N) is 1. The van der Waals surface area contributed by atoms with Gasteiger partial charge in [-0.3, -0.25) is 0 Å². The standard InChI is InChI=1S/C14H20BrNO2/c1-11(8-12-2-4-13(15)5-3-12)16-14(9-17)6-7-18-10-14/h2-5,11,16-17H,6-10H2,1H3. The summed E-state index contributed by atoms with van der Waals surface area (Å²) < 4.78 is 6.49. The Hall–Kier alpha value is -0.420. The summed E-state index contributed by atoms with van der Waals surface area (Å²) in [5, 5.41) is 13.0. The van der Waals surface area contributed by atoms with Gasteiger partial charge in [0.2, 0.25) is 0 Å². The van der Waals surface area contributed by atoms with Crippen molar-refractivity contribution in [3.63, 3.8) is 0 Å². The Morgan fingerprint density at radius 2 is 2.17 bits per heavy atom. The van der Waals surface area contributed by atoms with E-state index in [1.54, 1.807) is 0 Å². The van der Waals surface area contributed by atoms with Crippen molar-refractivity contribution in [2.75, 3.05) is 19.8 Å². The third-order valence-electron chi connectivity index (χ3n) is 3.41. The van der Waals surface area contributed by atoms with Crippen molar-refractivity contribution in [3.8, 4) is 0 Å². The first-order valence-electron chi connectivity index (χ1n) is 6.34. The summed E-state index contributed by atoms with van der Waals surface area (Å²) in [6.45, 7) is 3.63. The molecule has 0 bridgehead atoms. The summed E-state index contributed by atoms with van der Waals surface area (Å²) >= 11 is 3.44. The second-order valence-electron chi connectivity index (χ2n) is 5.12. The largest absolute Gasteiger partial charge is 0.394 e. The van der Waals surface area contributed by atoms with E-state index < -0.39 is 0 Å². The van der Waals surface area contributed by atoms with Crippen molar-refractivity contribution < 1.29 is 9.84 Å². The average Bonchev–Trinajstić information content (AvgIpc) is 2.81. The fourth-order valence-corrected chi connectivity index (χ4v) is 2.70. The first-order chi connectivity index (χ1) is 8.63. The maximum Gasteiger partial charge on any atom is 0.0675 e. The van der Waals surface area contributed by atoms with Crippen LogP contribution < -0.4 is 5.32 Å². The van der Waals surface area contributed by atoms with Crippen molar-refractivity contribution >= 4 is 15.9 Å². The van der Waals surface area contributed by atoms with Crippen LogP contribution in [0.5, 0.6) is 0 Å². The second-order valence-corrected chi connectivity index (χ2v) is 6.03. The lowest BCUT2D eigenvalue weighted by Gasteiger charge is -2.30. The topological polar surface area (TPSA) is 41.5 Å². The molecule has 1 aliphatic heterocycles. The number of hydrogen-bond donors (Lipinski definition) is 2. The molecule has 2 atom stereocenters. The highest BCUT2D eigenvalue weighted by atomic mass is 79.9. The molecule has 18 heavy (non-hydrogen) atoms. The van der Waals surface area contributed by atoms with Crippen LogP contribution in [0.15, 0.2) is 28.7 Å². The van der Waals surface area contributed by atoms with Crippen molar-refractivity contribution in [1.29, 1.82) is 0 Å². The van der Waals surface area contributed by atoms with Crippen LogP contribution in [0, 0.1) is 0 Å². The zero-order chi connectivity index (χ0) is 13.0. The zero-order valence-corrected chi connectivity index (χ0v) is 12.2. The summed E-state index contributed by atoms with van der Waals surface area (Å²) in [5.74, 6) is 0. The molecule has 1 aromatic rings. The van der Waals surface area contributed by atoms with Gasteiger partial charge in [-0.05, 0) is 37.5 Å². The molecule has 100 valence electrons. The Kier molecular flexibility index (Phi) is 4.78. The molecule has 1 saturated heterocycles. The third-order valence-corrected chi connectivity index (χ3v) is 3.94. The van der Waals surface area contributed by atoms with Crippen LogP contribution in [-0.2, 0) is 11.2 Å². The quantitative estimate of drug-likeness (QED) is 0.875. The zero-order valence-electron chi connectivity index (χ0n) is 10.7. The maximum absolute atomic E-state index is 9.52. The van der Waals surface area contributed by atoms with Gasteiger partial charge in [-0.15, -0.1) is 0 Å². The number of ether oxygens (including phenoxy) is 1. The Bertz CT molecular complexity index is 374. The first kappa shape index (κ1) is 14.0. The number of benzene rings is 1. The highest BCUT2D eigenvalue weighted by Crippen LogP contribution is 2.20. The molecule has 0 saturated carbocycles. The Morgan fingerprint density at radius 3 is 2.72 bits per heavy atom. The summed E-state index contributed by atoms with van der Waals surface area (Å²) in [5.41, 5.74) is 1.06. The molecule has 4 heteroatoms. The van der Waals surface area contributed by atoms with Crippen LogP contribution in [0.25, 0.3) is 0 Å². The van der Waals surface area contributed by atoms with Gasteiger partial charge in [0.1, 0.15) is 0 Å². The van der Waals surface area contributed by atoms with E-state index in [0.717, 1.165) is 23.9 Å². The maximum atomic E-state index is 9.52. The molecule has 0 aliphatic carbocycles. The van der Waals surface area contributed by atoms with Crippen molar-refractivity contribution in [1.82, 2.24) is 5.32 Å². The van der Waals surface area contributed by atoms with E-state index in [0.29, 0.717) is 12.6 Å². The van der Waals surface area contributed by atoms with Crippen molar-refractivity contribution in [3.05, 3.63) is 34.3 Å². The van der Waals surface area contributed by atoms with Crippen LogP contribution in [-0.4, -0.2) is 36.5 Å². The monoisotopic (exact) mass is 313 g/mol. The molecule has 1 fully saturated rings. The molecule has 2 unspecified atom stereocenters. The molecular weight excluding hydrogens is 294 g/mol. The van der Waals surface area contributed by atoms with Crippen LogP contribution in [0.2, 0.25) is 0 Å². The molecular formula is C14H20BrNO2. The number of aliphatic hydroxyl groups excluding tert-OH is 1. The van der Waals surface area contributed by atoms with Crippen LogP contribution in [0.1, 0.15) is 18.9 Å². The molecule has 1 aliphatic rings. The third kappa shape index (κ3) is 3.54. The summed E-state index contributed by atoms with van der Waals surface area (Å²) in [4.78, 5) is 0. The van der Waals surface area contributed by atoms with Crippen LogP contribution in [0.4, 0.5) is 0 Å². The highest BCUT2D eigenvalue weighted by Gasteiger charge is 2.35. The van der Waals surface area contributed by atoms with E-state index in [9.17, 15) is 5.11 Å². The van der Waals surface area contributed by atoms with Gasteiger partial charge >= 0.3 is 0 Å². The van der Waals surface area contributed by atoms with E-state index in [-0.39, 0.29) is 12.1 Å². The molecule has 2 rings (SSSR count). The number of halogens is 1. The average molecular weight is 314 g/mol. The van der Waals surface area contributed by atoms with Gasteiger partial charge in [-0.1, -0.05) is 28.1 Å². The van der Waals surface area contributed by atoms with E-state index in [1.165, 1.54) is 5.56 Å². The van der Waals surface area contributed by atoms with Gasteiger partial charge in [-0.25, -0.2) is 0 Å². The molecule has 2 N–H and O–H groups in total. The fourth-order valence-electron chi connectivity index (χ4n) is 2.44. The predicted octanol–water partition coefficient (Wildman–Crippen LogP) is 2.12. The second kappa shape index (κ2) is 6.15. The fraction of sp³-hybridized carbons (Fsp3) is 0.571. The van der Waals surface area contributed by atoms with Gasteiger partial charge in [0.05, 0.1) is 18.8 Å². The molecule has 0 spiro atoms. The van der Waals surface area contributed by atoms with Crippen molar-refractivity contribution in [2.24, 2.45) is 0 Å².